The van der Waals surface area contributed by atoms with Gasteiger partial charge in [0.05, 0.1) is 0 Å². The van der Waals surface area contributed by atoms with E-state index < -0.39 is 22.3 Å². The van der Waals surface area contributed by atoms with Crippen molar-refractivity contribution in [2.24, 2.45) is 5.92 Å². The number of thiol groups is 1. The van der Waals surface area contributed by atoms with Crippen LogP contribution in [0.2, 0.25) is 0 Å². The van der Waals surface area contributed by atoms with Crippen molar-refractivity contribution in [2.45, 2.75) is 97.2 Å². The van der Waals surface area contributed by atoms with Crippen molar-refractivity contribution in [1.29, 1.82) is 0 Å². The highest BCUT2D eigenvalue weighted by Gasteiger charge is 2.32. The average molecular weight is 663 g/mol. The Balaban J connectivity index is 0.000000316. The first kappa shape index (κ1) is 38.1. The number of alkyl halides is 4. The Morgan fingerprint density at radius 1 is 0.702 bits per heavy atom. The van der Waals surface area contributed by atoms with Gasteiger partial charge in [-0.3, -0.25) is 0 Å². The Morgan fingerprint density at radius 2 is 1.28 bits per heavy atom. The van der Waals surface area contributed by atoms with Crippen LogP contribution in [0.5, 0.6) is 0 Å². The molecule has 0 N–H and O–H groups in total. The van der Waals surface area contributed by atoms with E-state index in [1.54, 1.807) is 0 Å². The molecule has 0 saturated heterocycles. The maximum atomic E-state index is 13.0. The number of hydrogen-bond acceptors (Lipinski definition) is 1. The number of benzene rings is 4. The van der Waals surface area contributed by atoms with Crippen molar-refractivity contribution in [3.8, 4) is 0 Å². The van der Waals surface area contributed by atoms with Crippen LogP contribution in [0.3, 0.4) is 0 Å². The van der Waals surface area contributed by atoms with Crippen molar-refractivity contribution in [2.75, 3.05) is 0 Å². The summed E-state index contributed by atoms with van der Waals surface area (Å²) in [6.07, 6.45) is 3.35. The van der Waals surface area contributed by atoms with E-state index in [1.807, 2.05) is 0 Å². The van der Waals surface area contributed by atoms with Crippen molar-refractivity contribution in [3.63, 3.8) is 0 Å². The third-order valence-corrected chi connectivity index (χ3v) is 8.90. The minimum Gasteiger partial charge on any atom is -0.202 e. The molecule has 0 aliphatic carbocycles. The summed E-state index contributed by atoms with van der Waals surface area (Å²) in [5.41, 5.74) is 9.07. The number of rotatable bonds is 9. The summed E-state index contributed by atoms with van der Waals surface area (Å²) in [6, 6.07) is 28.3. The predicted molar refractivity (Wildman–Crippen MR) is 195 cm³/mol. The molecule has 1 atom stereocenters. The normalized spacial score (nSPS) is 13.5. The molecule has 5 heteroatoms. The molecule has 47 heavy (non-hydrogen) atoms. The zero-order valence-corrected chi connectivity index (χ0v) is 30.2. The number of halogens is 4. The molecule has 0 heterocycles. The molecule has 0 amide bonds. The van der Waals surface area contributed by atoms with Gasteiger partial charge in [0.15, 0.2) is 0 Å². The Kier molecular flexibility index (Phi) is 12.0. The molecule has 4 aromatic carbocycles. The van der Waals surface area contributed by atoms with Crippen LogP contribution in [-0.2, 0) is 34.8 Å². The second-order valence-electron chi connectivity index (χ2n) is 14.5. The molecule has 4 rings (SSSR count). The van der Waals surface area contributed by atoms with Gasteiger partial charge >= 0.3 is 5.25 Å². The van der Waals surface area contributed by atoms with E-state index in [-0.39, 0.29) is 16.4 Å². The van der Waals surface area contributed by atoms with E-state index in [9.17, 15) is 17.6 Å². The van der Waals surface area contributed by atoms with Crippen LogP contribution in [0.15, 0.2) is 91.5 Å². The fourth-order valence-electron chi connectivity index (χ4n) is 5.78. The molecule has 0 unspecified atom stereocenters. The second kappa shape index (κ2) is 14.8. The van der Waals surface area contributed by atoms with Gasteiger partial charge < -0.3 is 0 Å². The topological polar surface area (TPSA) is 0 Å². The highest BCUT2D eigenvalue weighted by atomic mass is 32.1. The Morgan fingerprint density at radius 3 is 1.81 bits per heavy atom. The van der Waals surface area contributed by atoms with Crippen molar-refractivity contribution >= 4 is 18.7 Å². The van der Waals surface area contributed by atoms with E-state index in [4.69, 9.17) is 0 Å². The lowest BCUT2D eigenvalue weighted by atomic mass is 9.69. The first-order valence-corrected chi connectivity index (χ1v) is 16.6. The van der Waals surface area contributed by atoms with Gasteiger partial charge in [0.25, 0.3) is 5.92 Å². The molecule has 0 bridgehead atoms. The van der Waals surface area contributed by atoms with Gasteiger partial charge in [0, 0.05) is 23.5 Å². The smallest absolute Gasteiger partial charge is 0.202 e. The van der Waals surface area contributed by atoms with Gasteiger partial charge in [-0.25, -0.2) is 8.78 Å². The zero-order chi connectivity index (χ0) is 35.4. The third-order valence-electron chi connectivity index (χ3n) is 8.64. The first-order chi connectivity index (χ1) is 21.6. The maximum absolute atomic E-state index is 13.0. The number of aryl methyl sites for hydroxylation is 2. The monoisotopic (exact) mass is 662 g/mol. The van der Waals surface area contributed by atoms with Gasteiger partial charge in [-0.15, -0.1) is 12.6 Å². The highest BCUT2D eigenvalue weighted by Crippen LogP contribution is 2.40. The minimum absolute atomic E-state index is 0.0905. The fourth-order valence-corrected chi connectivity index (χ4v) is 5.91. The molecule has 0 fully saturated rings. The van der Waals surface area contributed by atoms with E-state index in [0.717, 1.165) is 31.0 Å². The van der Waals surface area contributed by atoms with Crippen molar-refractivity contribution in [3.05, 3.63) is 147 Å². The summed E-state index contributed by atoms with van der Waals surface area (Å²) in [5, 5.41) is -3.45. The number of hydrogen-bond donors (Lipinski definition) is 1. The Labute approximate surface area is 285 Å². The Hall–Kier alpha value is -3.31. The average Bonchev–Trinajstić information content (AvgIpc) is 2.97. The van der Waals surface area contributed by atoms with Crippen LogP contribution in [0.4, 0.5) is 17.6 Å². The second-order valence-corrected chi connectivity index (χ2v) is 15.1. The predicted octanol–water partition coefficient (Wildman–Crippen LogP) is 12.8. The van der Waals surface area contributed by atoms with E-state index in [1.165, 1.54) is 45.0 Å². The molecule has 252 valence electrons. The van der Waals surface area contributed by atoms with Gasteiger partial charge in [0.2, 0.25) is 0 Å². The maximum Gasteiger partial charge on any atom is 0.316 e. The standard InChI is InChI=1S/C31H40.C11H10F4S/c1-22(2)16-26-19-27(15-14-24(26)4)31(8,21-25-12-10-9-11-13-25)29-18-23(3)17-28(20-29)30(5,6)7;1-3-7-4-8(10(2,12)13)6-9(5-7)11(14,15)16/h9-15,17-20,22H,16,21H2,1-8H3;3-6,16H,1H2,2H3/t31-;/m0./s1. The van der Waals surface area contributed by atoms with Crippen LogP contribution in [0.25, 0.3) is 6.08 Å². The van der Waals surface area contributed by atoms with Crippen molar-refractivity contribution in [1.82, 2.24) is 0 Å². The Bertz CT molecular complexity index is 1620. The van der Waals surface area contributed by atoms with Gasteiger partial charge in [-0.05, 0) is 95.2 Å². The van der Waals surface area contributed by atoms with Gasteiger partial charge in [-0.2, -0.15) is 8.78 Å². The van der Waals surface area contributed by atoms with Gasteiger partial charge in [0.1, 0.15) is 0 Å². The lowest BCUT2D eigenvalue weighted by Gasteiger charge is -2.34. The largest absolute Gasteiger partial charge is 0.316 e. The lowest BCUT2D eigenvalue weighted by molar-refractivity contribution is 0.0169. The van der Waals surface area contributed by atoms with Crippen LogP contribution in [0.1, 0.15) is 104 Å². The minimum atomic E-state index is -3.45. The molecular formula is C42H50F4S. The highest BCUT2D eigenvalue weighted by molar-refractivity contribution is 7.81. The molecule has 0 aliphatic rings. The van der Waals surface area contributed by atoms with Crippen LogP contribution < -0.4 is 0 Å². The molecule has 0 spiro atoms. The summed E-state index contributed by atoms with van der Waals surface area (Å²) < 4.78 is 51.9. The molecular weight excluding hydrogens is 613 g/mol. The first-order valence-electron chi connectivity index (χ1n) is 16.2. The van der Waals surface area contributed by atoms with Crippen molar-refractivity contribution < 1.29 is 17.6 Å². The molecule has 4 aromatic rings. The van der Waals surface area contributed by atoms with E-state index in [0.29, 0.717) is 12.8 Å². The molecule has 0 aromatic heterocycles. The van der Waals surface area contributed by atoms with Gasteiger partial charge in [-0.1, -0.05) is 126 Å². The van der Waals surface area contributed by atoms with E-state index in [2.05, 4.69) is 141 Å². The van der Waals surface area contributed by atoms with Crippen LogP contribution in [0, 0.1) is 19.8 Å². The molecule has 0 nitrogen and oxygen atoms in total. The summed E-state index contributed by atoms with van der Waals surface area (Å²) >= 11 is 3.06. The summed E-state index contributed by atoms with van der Waals surface area (Å²) in [4.78, 5) is 0. The van der Waals surface area contributed by atoms with Crippen LogP contribution in [-0.4, -0.2) is 0 Å². The van der Waals surface area contributed by atoms with E-state index >= 15 is 0 Å². The summed E-state index contributed by atoms with van der Waals surface area (Å²) in [7, 11) is 0. The third kappa shape index (κ3) is 10.3. The molecule has 0 radical (unpaired) electrons. The molecule has 0 saturated carbocycles. The summed E-state index contributed by atoms with van der Waals surface area (Å²) in [6.45, 7) is 22.5. The lowest BCUT2D eigenvalue weighted by Crippen LogP contribution is -2.28. The fraction of sp³-hybridized carbons (Fsp3) is 0.381. The zero-order valence-electron chi connectivity index (χ0n) is 29.3. The molecule has 0 aliphatic heterocycles. The SMILES string of the molecule is C=Cc1cc(C(C)(F)F)cc(C(F)(F)S)c1.Cc1cc(C(C)(C)C)cc([C@@](C)(Cc2ccccc2)c2ccc(C)c(CC(C)C)c2)c1. The quantitative estimate of drug-likeness (QED) is 0.134. The summed E-state index contributed by atoms with van der Waals surface area (Å²) in [5.74, 6) is -2.52. The van der Waals surface area contributed by atoms with Crippen LogP contribution >= 0.6 is 12.6 Å².